The predicted molar refractivity (Wildman–Crippen MR) is 70.2 cm³/mol. The van der Waals surface area contributed by atoms with Crippen LogP contribution in [0.3, 0.4) is 0 Å². The Morgan fingerprint density at radius 2 is 1.76 bits per heavy atom. The Morgan fingerprint density at radius 1 is 1.18 bits per heavy atom. The predicted octanol–water partition coefficient (Wildman–Crippen LogP) is 3.29. The molecule has 0 saturated carbocycles. The summed E-state index contributed by atoms with van der Waals surface area (Å²) >= 11 is 6.25. The number of likely N-dealkylation sites (tertiary alicyclic amines) is 1. The van der Waals surface area contributed by atoms with Crippen molar-refractivity contribution in [1.29, 1.82) is 0 Å². The van der Waals surface area contributed by atoms with Crippen molar-refractivity contribution in [2.24, 2.45) is 0 Å². The average Bonchev–Trinajstić information content (AvgIpc) is 2.39. The van der Waals surface area contributed by atoms with Gasteiger partial charge >= 0.3 is 0 Å². The van der Waals surface area contributed by atoms with E-state index in [-0.39, 0.29) is 5.91 Å². The van der Waals surface area contributed by atoms with Gasteiger partial charge in [0, 0.05) is 13.1 Å². The standard InChI is InChI=1S/C14H18ClNO/c1-11-5-7-12(8-6-11)13(15)14(17)16-9-3-2-4-10-16/h5-8,13H,2-4,9-10H2,1H3. The van der Waals surface area contributed by atoms with E-state index in [9.17, 15) is 4.79 Å². The second-order valence-electron chi connectivity index (χ2n) is 4.66. The van der Waals surface area contributed by atoms with Crippen molar-refractivity contribution in [3.05, 3.63) is 35.4 Å². The highest BCUT2D eigenvalue weighted by Gasteiger charge is 2.24. The summed E-state index contributed by atoms with van der Waals surface area (Å²) in [5, 5.41) is -0.534. The molecule has 0 spiro atoms. The first kappa shape index (κ1) is 12.4. The third-order valence-corrected chi connectivity index (χ3v) is 3.69. The van der Waals surface area contributed by atoms with Gasteiger partial charge in [-0.05, 0) is 31.7 Å². The summed E-state index contributed by atoms with van der Waals surface area (Å²) in [6.07, 6.45) is 3.42. The summed E-state index contributed by atoms with van der Waals surface area (Å²) in [6.45, 7) is 3.74. The molecule has 3 heteroatoms. The summed E-state index contributed by atoms with van der Waals surface area (Å²) in [6, 6.07) is 7.87. The SMILES string of the molecule is Cc1ccc(C(Cl)C(=O)N2CCCCC2)cc1. The van der Waals surface area contributed by atoms with E-state index in [4.69, 9.17) is 11.6 Å². The second-order valence-corrected chi connectivity index (χ2v) is 5.10. The van der Waals surface area contributed by atoms with E-state index < -0.39 is 5.38 Å². The van der Waals surface area contributed by atoms with Gasteiger partial charge in [0.05, 0.1) is 0 Å². The van der Waals surface area contributed by atoms with Crippen LogP contribution in [-0.4, -0.2) is 23.9 Å². The van der Waals surface area contributed by atoms with Crippen molar-refractivity contribution in [1.82, 2.24) is 4.90 Å². The molecule has 1 aliphatic rings. The quantitative estimate of drug-likeness (QED) is 0.739. The highest BCUT2D eigenvalue weighted by Crippen LogP contribution is 2.24. The Bertz CT molecular complexity index is 382. The molecule has 1 amide bonds. The third-order valence-electron chi connectivity index (χ3n) is 3.25. The molecule has 1 heterocycles. The Morgan fingerprint density at radius 3 is 2.35 bits per heavy atom. The molecule has 1 aliphatic heterocycles. The fourth-order valence-corrected chi connectivity index (χ4v) is 2.44. The maximum atomic E-state index is 12.2. The molecule has 0 aliphatic carbocycles. The van der Waals surface area contributed by atoms with Crippen LogP contribution in [0.5, 0.6) is 0 Å². The van der Waals surface area contributed by atoms with Gasteiger partial charge in [-0.15, -0.1) is 11.6 Å². The lowest BCUT2D eigenvalue weighted by Gasteiger charge is -2.28. The lowest BCUT2D eigenvalue weighted by atomic mass is 10.1. The van der Waals surface area contributed by atoms with E-state index >= 15 is 0 Å². The topological polar surface area (TPSA) is 20.3 Å². The van der Waals surface area contributed by atoms with Gasteiger partial charge in [-0.2, -0.15) is 0 Å². The van der Waals surface area contributed by atoms with Crippen LogP contribution < -0.4 is 0 Å². The monoisotopic (exact) mass is 251 g/mol. The highest BCUT2D eigenvalue weighted by atomic mass is 35.5. The molecule has 1 aromatic carbocycles. The van der Waals surface area contributed by atoms with E-state index in [0.29, 0.717) is 0 Å². The molecule has 1 fully saturated rings. The zero-order chi connectivity index (χ0) is 12.3. The first-order valence-corrected chi connectivity index (χ1v) is 6.61. The van der Waals surface area contributed by atoms with Crippen molar-refractivity contribution in [2.75, 3.05) is 13.1 Å². The van der Waals surface area contributed by atoms with Crippen molar-refractivity contribution >= 4 is 17.5 Å². The number of alkyl halides is 1. The highest BCUT2D eigenvalue weighted by molar-refractivity contribution is 6.30. The lowest BCUT2D eigenvalue weighted by Crippen LogP contribution is -2.37. The zero-order valence-corrected chi connectivity index (χ0v) is 10.9. The number of carbonyl (C=O) groups is 1. The minimum atomic E-state index is -0.534. The normalized spacial score (nSPS) is 17.9. The lowest BCUT2D eigenvalue weighted by molar-refractivity contribution is -0.131. The molecule has 0 bridgehead atoms. The fourth-order valence-electron chi connectivity index (χ4n) is 2.15. The Labute approximate surface area is 108 Å². The molecule has 2 rings (SSSR count). The van der Waals surface area contributed by atoms with Gasteiger partial charge < -0.3 is 4.90 Å². The molecule has 1 saturated heterocycles. The Balaban J connectivity index is 2.05. The first-order valence-electron chi connectivity index (χ1n) is 6.18. The molecular formula is C14H18ClNO. The smallest absolute Gasteiger partial charge is 0.245 e. The van der Waals surface area contributed by atoms with E-state index in [1.807, 2.05) is 36.1 Å². The van der Waals surface area contributed by atoms with Crippen molar-refractivity contribution in [2.45, 2.75) is 31.6 Å². The Hall–Kier alpha value is -1.02. The van der Waals surface area contributed by atoms with Crippen molar-refractivity contribution < 1.29 is 4.79 Å². The zero-order valence-electron chi connectivity index (χ0n) is 10.2. The number of nitrogens with zero attached hydrogens (tertiary/aromatic N) is 1. The van der Waals surface area contributed by atoms with Gasteiger partial charge in [0.1, 0.15) is 5.38 Å². The van der Waals surface area contributed by atoms with Gasteiger partial charge in [0.15, 0.2) is 0 Å². The number of aryl methyl sites for hydroxylation is 1. The van der Waals surface area contributed by atoms with Crippen molar-refractivity contribution in [3.63, 3.8) is 0 Å². The maximum Gasteiger partial charge on any atom is 0.245 e. The van der Waals surface area contributed by atoms with Gasteiger partial charge in [-0.25, -0.2) is 0 Å². The van der Waals surface area contributed by atoms with E-state index in [1.165, 1.54) is 12.0 Å². The van der Waals surface area contributed by atoms with Crippen LogP contribution >= 0.6 is 11.6 Å². The number of benzene rings is 1. The number of carbonyl (C=O) groups excluding carboxylic acids is 1. The molecule has 0 N–H and O–H groups in total. The molecule has 0 aromatic heterocycles. The minimum absolute atomic E-state index is 0.0511. The minimum Gasteiger partial charge on any atom is -0.341 e. The van der Waals surface area contributed by atoms with Crippen LogP contribution in [0, 0.1) is 6.92 Å². The fraction of sp³-hybridized carbons (Fsp3) is 0.500. The van der Waals surface area contributed by atoms with E-state index in [0.717, 1.165) is 31.5 Å². The van der Waals surface area contributed by atoms with E-state index in [2.05, 4.69) is 0 Å². The van der Waals surface area contributed by atoms with Crippen LogP contribution in [0.1, 0.15) is 35.8 Å². The summed E-state index contributed by atoms with van der Waals surface area (Å²) in [7, 11) is 0. The summed E-state index contributed by atoms with van der Waals surface area (Å²) in [5.74, 6) is 0.0511. The largest absolute Gasteiger partial charge is 0.341 e. The molecule has 1 aromatic rings. The van der Waals surface area contributed by atoms with Gasteiger partial charge in [-0.3, -0.25) is 4.79 Å². The molecule has 1 unspecified atom stereocenters. The number of rotatable bonds is 2. The molecule has 2 nitrogen and oxygen atoms in total. The van der Waals surface area contributed by atoms with Gasteiger partial charge in [0.2, 0.25) is 5.91 Å². The van der Waals surface area contributed by atoms with Crippen LogP contribution in [-0.2, 0) is 4.79 Å². The molecule has 1 atom stereocenters. The number of halogens is 1. The molecule has 0 radical (unpaired) electrons. The molecule has 17 heavy (non-hydrogen) atoms. The van der Waals surface area contributed by atoms with Crippen LogP contribution in [0.25, 0.3) is 0 Å². The number of piperidine rings is 1. The van der Waals surface area contributed by atoms with E-state index in [1.54, 1.807) is 0 Å². The number of hydrogen-bond acceptors (Lipinski definition) is 1. The van der Waals surface area contributed by atoms with Gasteiger partial charge in [-0.1, -0.05) is 29.8 Å². The van der Waals surface area contributed by atoms with Crippen LogP contribution in [0.15, 0.2) is 24.3 Å². The number of amides is 1. The van der Waals surface area contributed by atoms with Crippen LogP contribution in [0.4, 0.5) is 0 Å². The Kier molecular flexibility index (Phi) is 4.06. The third kappa shape index (κ3) is 3.01. The summed E-state index contributed by atoms with van der Waals surface area (Å²) < 4.78 is 0. The first-order chi connectivity index (χ1) is 8.18. The summed E-state index contributed by atoms with van der Waals surface area (Å²) in [4.78, 5) is 14.1. The van der Waals surface area contributed by atoms with Crippen molar-refractivity contribution in [3.8, 4) is 0 Å². The average molecular weight is 252 g/mol. The molecular weight excluding hydrogens is 234 g/mol. The number of hydrogen-bond donors (Lipinski definition) is 0. The summed E-state index contributed by atoms with van der Waals surface area (Å²) in [5.41, 5.74) is 2.08. The van der Waals surface area contributed by atoms with Gasteiger partial charge in [0.25, 0.3) is 0 Å². The van der Waals surface area contributed by atoms with Crippen LogP contribution in [0.2, 0.25) is 0 Å². The maximum absolute atomic E-state index is 12.2. The second kappa shape index (κ2) is 5.54. The molecule has 92 valence electrons.